The molecule has 0 N–H and O–H groups in total. The van der Waals surface area contributed by atoms with Gasteiger partial charge in [-0.15, -0.1) is 0 Å². The Labute approximate surface area is 197 Å². The van der Waals surface area contributed by atoms with E-state index in [4.69, 9.17) is 4.74 Å². The molecule has 0 saturated carbocycles. The van der Waals surface area contributed by atoms with Crippen LogP contribution in [-0.4, -0.2) is 37.2 Å². The van der Waals surface area contributed by atoms with Gasteiger partial charge in [0.05, 0.1) is 27.5 Å². The molecule has 176 valence electrons. The van der Waals surface area contributed by atoms with Crippen LogP contribution in [0, 0.1) is 20.8 Å². The Morgan fingerprint density at radius 1 is 1.06 bits per heavy atom. The molecule has 2 aromatic carbocycles. The summed E-state index contributed by atoms with van der Waals surface area (Å²) in [5, 5.41) is 0. The van der Waals surface area contributed by atoms with Gasteiger partial charge in [0, 0.05) is 6.42 Å². The summed E-state index contributed by atoms with van der Waals surface area (Å²) in [7, 11) is -3.46. The van der Waals surface area contributed by atoms with Gasteiger partial charge in [-0.1, -0.05) is 29.0 Å². The largest absolute Gasteiger partial charge is 0.465 e. The van der Waals surface area contributed by atoms with Crippen molar-refractivity contribution in [3.63, 3.8) is 0 Å². The van der Waals surface area contributed by atoms with E-state index in [2.05, 4.69) is 4.99 Å². The first-order valence-electron chi connectivity index (χ1n) is 10.7. The fourth-order valence-electron chi connectivity index (χ4n) is 3.33. The molecule has 1 aromatic heterocycles. The molecule has 0 aliphatic carbocycles. The molecule has 0 saturated heterocycles. The predicted octanol–water partition coefficient (Wildman–Crippen LogP) is 3.87. The summed E-state index contributed by atoms with van der Waals surface area (Å²) in [5.74, 6) is -0.967. The number of carbonyl (C=O) groups is 2. The Morgan fingerprint density at radius 2 is 1.73 bits per heavy atom. The number of hydrogen-bond acceptors (Lipinski definition) is 6. The van der Waals surface area contributed by atoms with Crippen LogP contribution in [0.15, 0.2) is 46.3 Å². The molecular formula is C24H28N2O5S2. The number of amides is 1. The number of hydrogen-bond donors (Lipinski definition) is 0. The SMILES string of the molecule is CCOC(=O)Cn1c(=NC(=O)CCCS(=O)(=O)c2ccc(C)cc2)sc2cc(C)c(C)cc21. The number of sulfone groups is 1. The molecule has 0 aliphatic rings. The van der Waals surface area contributed by atoms with Crippen molar-refractivity contribution in [1.82, 2.24) is 4.57 Å². The van der Waals surface area contributed by atoms with Gasteiger partial charge in [-0.25, -0.2) is 8.42 Å². The first-order chi connectivity index (χ1) is 15.6. The molecule has 0 aliphatic heterocycles. The lowest BCUT2D eigenvalue weighted by Gasteiger charge is -2.06. The summed E-state index contributed by atoms with van der Waals surface area (Å²) < 4.78 is 32.7. The van der Waals surface area contributed by atoms with E-state index in [-0.39, 0.29) is 36.6 Å². The predicted molar refractivity (Wildman–Crippen MR) is 129 cm³/mol. The zero-order chi connectivity index (χ0) is 24.2. The number of thiazole rings is 1. The minimum atomic E-state index is -3.46. The molecule has 1 heterocycles. The van der Waals surface area contributed by atoms with Gasteiger partial charge >= 0.3 is 5.97 Å². The van der Waals surface area contributed by atoms with E-state index >= 15 is 0 Å². The van der Waals surface area contributed by atoms with Gasteiger partial charge in [0.15, 0.2) is 14.6 Å². The van der Waals surface area contributed by atoms with Gasteiger partial charge in [0.2, 0.25) is 5.91 Å². The van der Waals surface area contributed by atoms with Gasteiger partial charge in [-0.2, -0.15) is 4.99 Å². The number of aryl methyl sites for hydroxylation is 3. The van der Waals surface area contributed by atoms with Crippen molar-refractivity contribution < 1.29 is 22.7 Å². The van der Waals surface area contributed by atoms with Crippen LogP contribution in [0.2, 0.25) is 0 Å². The summed E-state index contributed by atoms with van der Waals surface area (Å²) in [4.78, 5) is 29.6. The Hall–Kier alpha value is -2.78. The average Bonchev–Trinajstić information content (AvgIpc) is 3.04. The van der Waals surface area contributed by atoms with Crippen LogP contribution in [0.5, 0.6) is 0 Å². The average molecular weight is 489 g/mol. The van der Waals surface area contributed by atoms with E-state index in [1.165, 1.54) is 11.3 Å². The zero-order valence-corrected chi connectivity index (χ0v) is 20.9. The molecule has 0 bridgehead atoms. The van der Waals surface area contributed by atoms with Gasteiger partial charge in [0.1, 0.15) is 6.54 Å². The van der Waals surface area contributed by atoms with Gasteiger partial charge in [-0.05, 0) is 69.5 Å². The highest BCUT2D eigenvalue weighted by Gasteiger charge is 2.16. The fourth-order valence-corrected chi connectivity index (χ4v) is 5.77. The zero-order valence-electron chi connectivity index (χ0n) is 19.3. The number of benzene rings is 2. The van der Waals surface area contributed by atoms with Crippen LogP contribution in [0.25, 0.3) is 10.2 Å². The Balaban J connectivity index is 1.81. The van der Waals surface area contributed by atoms with Crippen molar-refractivity contribution in [2.24, 2.45) is 4.99 Å². The third-order valence-electron chi connectivity index (χ3n) is 5.29. The second-order valence-electron chi connectivity index (χ2n) is 7.92. The highest BCUT2D eigenvalue weighted by Crippen LogP contribution is 2.22. The summed E-state index contributed by atoms with van der Waals surface area (Å²) >= 11 is 1.32. The van der Waals surface area contributed by atoms with Crippen molar-refractivity contribution in [3.05, 3.63) is 57.9 Å². The second kappa shape index (κ2) is 10.4. The van der Waals surface area contributed by atoms with Crippen LogP contribution in [0.4, 0.5) is 0 Å². The van der Waals surface area contributed by atoms with Crippen LogP contribution >= 0.6 is 11.3 Å². The second-order valence-corrected chi connectivity index (χ2v) is 11.0. The van der Waals surface area contributed by atoms with Crippen molar-refractivity contribution in [3.8, 4) is 0 Å². The van der Waals surface area contributed by atoms with Crippen LogP contribution in [-0.2, 0) is 30.7 Å². The summed E-state index contributed by atoms with van der Waals surface area (Å²) in [6.07, 6.45) is 0.163. The normalized spacial score (nSPS) is 12.3. The molecule has 3 rings (SSSR count). The highest BCUT2D eigenvalue weighted by molar-refractivity contribution is 7.91. The lowest BCUT2D eigenvalue weighted by Crippen LogP contribution is -2.23. The number of nitrogens with zero attached hydrogens (tertiary/aromatic N) is 2. The molecular weight excluding hydrogens is 460 g/mol. The highest BCUT2D eigenvalue weighted by atomic mass is 32.2. The number of ether oxygens (including phenoxy) is 1. The van der Waals surface area contributed by atoms with Crippen LogP contribution < -0.4 is 4.80 Å². The Morgan fingerprint density at radius 3 is 2.39 bits per heavy atom. The quantitative estimate of drug-likeness (QED) is 0.449. The summed E-state index contributed by atoms with van der Waals surface area (Å²) in [5.41, 5.74) is 3.96. The maximum absolute atomic E-state index is 12.6. The van der Waals surface area contributed by atoms with E-state index in [0.717, 1.165) is 26.9 Å². The summed E-state index contributed by atoms with van der Waals surface area (Å²) in [6, 6.07) is 10.6. The molecule has 0 fully saturated rings. The van der Waals surface area contributed by atoms with Crippen LogP contribution in [0.3, 0.4) is 0 Å². The molecule has 0 unspecified atom stereocenters. The molecule has 3 aromatic rings. The van der Waals surface area contributed by atoms with Crippen molar-refractivity contribution >= 4 is 43.3 Å². The first kappa shape index (κ1) is 24.9. The molecule has 33 heavy (non-hydrogen) atoms. The molecule has 7 nitrogen and oxygen atoms in total. The van der Waals surface area contributed by atoms with Crippen molar-refractivity contribution in [2.45, 2.75) is 52.0 Å². The fraction of sp³-hybridized carbons (Fsp3) is 0.375. The van der Waals surface area contributed by atoms with Gasteiger partial charge in [0.25, 0.3) is 0 Å². The number of rotatable bonds is 8. The maximum atomic E-state index is 12.6. The Bertz CT molecular complexity index is 1350. The van der Waals surface area contributed by atoms with E-state index in [0.29, 0.717) is 4.80 Å². The molecule has 0 spiro atoms. The van der Waals surface area contributed by atoms with Crippen molar-refractivity contribution in [2.75, 3.05) is 12.4 Å². The monoisotopic (exact) mass is 488 g/mol. The van der Waals surface area contributed by atoms with Crippen LogP contribution in [0.1, 0.15) is 36.5 Å². The third kappa shape index (κ3) is 6.17. The summed E-state index contributed by atoms with van der Waals surface area (Å²) in [6.45, 7) is 7.83. The minimum absolute atomic E-state index is 0.00318. The van der Waals surface area contributed by atoms with E-state index < -0.39 is 21.7 Å². The van der Waals surface area contributed by atoms with E-state index in [1.807, 2.05) is 32.9 Å². The number of carbonyl (C=O) groups excluding carboxylic acids is 2. The molecule has 0 radical (unpaired) electrons. The Kier molecular flexibility index (Phi) is 7.86. The van der Waals surface area contributed by atoms with Gasteiger partial charge < -0.3 is 9.30 Å². The third-order valence-corrected chi connectivity index (χ3v) is 8.15. The van der Waals surface area contributed by atoms with Gasteiger partial charge in [-0.3, -0.25) is 9.59 Å². The van der Waals surface area contributed by atoms with Crippen molar-refractivity contribution in [1.29, 1.82) is 0 Å². The topological polar surface area (TPSA) is 94.8 Å². The van der Waals surface area contributed by atoms with E-state index in [1.54, 1.807) is 35.8 Å². The molecule has 1 amide bonds. The lowest BCUT2D eigenvalue weighted by molar-refractivity contribution is -0.143. The lowest BCUT2D eigenvalue weighted by atomic mass is 10.1. The van der Waals surface area contributed by atoms with E-state index in [9.17, 15) is 18.0 Å². The maximum Gasteiger partial charge on any atom is 0.326 e. The number of aromatic nitrogens is 1. The minimum Gasteiger partial charge on any atom is -0.465 e. The standard InChI is InChI=1S/C24H28N2O5S2/c1-5-31-23(28)15-26-20-13-17(3)18(4)14-21(20)32-24(26)25-22(27)7-6-12-33(29,30)19-10-8-16(2)9-11-19/h8-11,13-14H,5-7,12,15H2,1-4H3. The number of fused-ring (bicyclic) bond motifs is 1. The first-order valence-corrected chi connectivity index (χ1v) is 13.2. The molecule has 0 atom stereocenters. The molecule has 9 heteroatoms. The number of esters is 1. The smallest absolute Gasteiger partial charge is 0.326 e.